The second-order valence-corrected chi connectivity index (χ2v) is 5.23. The molecule has 0 amide bonds. The Kier molecular flexibility index (Phi) is 4.99. The van der Waals surface area contributed by atoms with Gasteiger partial charge in [0.05, 0.1) is 6.54 Å². The Labute approximate surface area is 130 Å². The highest BCUT2D eigenvalue weighted by Crippen LogP contribution is 2.33. The van der Waals surface area contributed by atoms with Crippen LogP contribution in [0.2, 0.25) is 0 Å². The van der Waals surface area contributed by atoms with Crippen molar-refractivity contribution in [3.8, 4) is 0 Å². The standard InChI is InChI=1S/C17H17NO2.ClH/c19-17(20)12-18-10-14-8-4-5-9-15(14)16(11-18)13-6-2-1-3-7-13;/h1-9,16H,10-12H2,(H,19,20);1H. The number of rotatable bonds is 3. The molecular weight excluding hydrogens is 286 g/mol. The molecule has 0 bridgehead atoms. The van der Waals surface area contributed by atoms with Gasteiger partial charge in [0.25, 0.3) is 0 Å². The predicted molar refractivity (Wildman–Crippen MR) is 84.9 cm³/mol. The van der Waals surface area contributed by atoms with Crippen LogP contribution >= 0.6 is 12.4 Å². The number of hydrogen-bond acceptors (Lipinski definition) is 2. The SMILES string of the molecule is Cl.O=C(O)CN1Cc2ccccc2C(c2ccccc2)C1. The van der Waals surface area contributed by atoms with E-state index in [0.29, 0.717) is 6.54 Å². The summed E-state index contributed by atoms with van der Waals surface area (Å²) in [6.45, 7) is 1.57. The van der Waals surface area contributed by atoms with Crippen molar-refractivity contribution >= 4 is 18.4 Å². The van der Waals surface area contributed by atoms with Crippen molar-refractivity contribution in [2.24, 2.45) is 0 Å². The minimum atomic E-state index is -0.767. The third kappa shape index (κ3) is 3.43. The highest BCUT2D eigenvalue weighted by Gasteiger charge is 2.26. The lowest BCUT2D eigenvalue weighted by Gasteiger charge is -2.34. The highest BCUT2D eigenvalue weighted by molar-refractivity contribution is 5.85. The molecule has 4 heteroatoms. The van der Waals surface area contributed by atoms with E-state index >= 15 is 0 Å². The van der Waals surface area contributed by atoms with E-state index in [0.717, 1.165) is 6.54 Å². The van der Waals surface area contributed by atoms with E-state index in [9.17, 15) is 4.79 Å². The molecule has 0 saturated heterocycles. The Morgan fingerprint density at radius 2 is 1.76 bits per heavy atom. The molecule has 1 atom stereocenters. The molecule has 1 aliphatic heterocycles. The zero-order chi connectivity index (χ0) is 13.9. The maximum Gasteiger partial charge on any atom is 0.317 e. The van der Waals surface area contributed by atoms with Gasteiger partial charge in [-0.1, -0.05) is 54.6 Å². The normalized spacial score (nSPS) is 17.6. The van der Waals surface area contributed by atoms with E-state index in [2.05, 4.69) is 30.3 Å². The summed E-state index contributed by atoms with van der Waals surface area (Å²) < 4.78 is 0. The number of benzene rings is 2. The van der Waals surface area contributed by atoms with Crippen LogP contribution in [0, 0.1) is 0 Å². The van der Waals surface area contributed by atoms with Crippen molar-refractivity contribution in [3.05, 3.63) is 71.3 Å². The number of hydrogen-bond donors (Lipinski definition) is 1. The molecule has 21 heavy (non-hydrogen) atoms. The van der Waals surface area contributed by atoms with Crippen LogP contribution in [0.25, 0.3) is 0 Å². The van der Waals surface area contributed by atoms with Crippen LogP contribution in [-0.2, 0) is 11.3 Å². The number of carboxylic acid groups (broad SMARTS) is 1. The Morgan fingerprint density at radius 1 is 1.10 bits per heavy atom. The minimum Gasteiger partial charge on any atom is -0.480 e. The summed E-state index contributed by atoms with van der Waals surface area (Å²) in [5, 5.41) is 9.03. The number of carboxylic acids is 1. The molecule has 0 aliphatic carbocycles. The van der Waals surface area contributed by atoms with Gasteiger partial charge in [-0.25, -0.2) is 0 Å². The summed E-state index contributed by atoms with van der Waals surface area (Å²) in [6, 6.07) is 18.6. The van der Waals surface area contributed by atoms with Crippen molar-refractivity contribution < 1.29 is 9.90 Å². The molecule has 110 valence electrons. The van der Waals surface area contributed by atoms with Gasteiger partial charge in [0.15, 0.2) is 0 Å². The maximum absolute atomic E-state index is 11.0. The second-order valence-electron chi connectivity index (χ2n) is 5.23. The van der Waals surface area contributed by atoms with Gasteiger partial charge in [-0.15, -0.1) is 12.4 Å². The van der Waals surface area contributed by atoms with Gasteiger partial charge in [0, 0.05) is 19.0 Å². The average Bonchev–Trinajstić information content (AvgIpc) is 2.47. The third-order valence-electron chi connectivity index (χ3n) is 3.83. The second kappa shape index (κ2) is 6.74. The average molecular weight is 304 g/mol. The molecule has 0 spiro atoms. The molecule has 0 fully saturated rings. The Hall–Kier alpha value is -1.84. The summed E-state index contributed by atoms with van der Waals surface area (Å²) in [7, 11) is 0. The largest absolute Gasteiger partial charge is 0.480 e. The molecule has 0 radical (unpaired) electrons. The summed E-state index contributed by atoms with van der Waals surface area (Å²) in [5.74, 6) is -0.517. The zero-order valence-corrected chi connectivity index (χ0v) is 12.4. The van der Waals surface area contributed by atoms with Gasteiger partial charge >= 0.3 is 5.97 Å². The van der Waals surface area contributed by atoms with Crippen LogP contribution < -0.4 is 0 Å². The van der Waals surface area contributed by atoms with Crippen LogP contribution in [0.4, 0.5) is 0 Å². The van der Waals surface area contributed by atoms with E-state index in [1.165, 1.54) is 16.7 Å². The summed E-state index contributed by atoms with van der Waals surface area (Å²) in [5.41, 5.74) is 3.80. The first-order chi connectivity index (χ1) is 9.74. The maximum atomic E-state index is 11.0. The molecule has 2 aromatic rings. The first-order valence-corrected chi connectivity index (χ1v) is 6.81. The molecule has 2 aromatic carbocycles. The van der Waals surface area contributed by atoms with Gasteiger partial charge in [-0.05, 0) is 16.7 Å². The Bertz CT molecular complexity index is 615. The lowest BCUT2D eigenvalue weighted by Crippen LogP contribution is -2.37. The molecule has 0 aromatic heterocycles. The van der Waals surface area contributed by atoms with Crippen LogP contribution in [0.1, 0.15) is 22.6 Å². The summed E-state index contributed by atoms with van der Waals surface area (Å²) in [4.78, 5) is 13.0. The first kappa shape index (κ1) is 15.5. The van der Waals surface area contributed by atoms with E-state index < -0.39 is 5.97 Å². The molecule has 1 N–H and O–H groups in total. The quantitative estimate of drug-likeness (QED) is 0.947. The predicted octanol–water partition coefficient (Wildman–Crippen LogP) is 3.14. The molecule has 3 rings (SSSR count). The Balaban J connectivity index is 0.00000161. The topological polar surface area (TPSA) is 40.5 Å². The van der Waals surface area contributed by atoms with E-state index in [-0.39, 0.29) is 24.9 Å². The van der Waals surface area contributed by atoms with Crippen molar-refractivity contribution in [1.82, 2.24) is 4.90 Å². The van der Waals surface area contributed by atoms with Gasteiger partial charge < -0.3 is 5.11 Å². The first-order valence-electron chi connectivity index (χ1n) is 6.81. The summed E-state index contributed by atoms with van der Waals surface area (Å²) >= 11 is 0. The fraction of sp³-hybridized carbons (Fsp3) is 0.235. The number of fused-ring (bicyclic) bond motifs is 1. The van der Waals surface area contributed by atoms with Gasteiger partial charge in [0.1, 0.15) is 0 Å². The molecule has 0 saturated carbocycles. The minimum absolute atomic E-state index is 0. The van der Waals surface area contributed by atoms with Crippen molar-refractivity contribution in [1.29, 1.82) is 0 Å². The third-order valence-corrected chi connectivity index (χ3v) is 3.83. The molecule has 1 aliphatic rings. The van der Waals surface area contributed by atoms with Crippen LogP contribution in [-0.4, -0.2) is 29.1 Å². The van der Waals surface area contributed by atoms with E-state index in [1.54, 1.807) is 0 Å². The zero-order valence-electron chi connectivity index (χ0n) is 11.6. The van der Waals surface area contributed by atoms with Gasteiger partial charge in [-0.2, -0.15) is 0 Å². The fourth-order valence-corrected chi connectivity index (χ4v) is 2.96. The van der Waals surface area contributed by atoms with E-state index in [1.807, 2.05) is 29.2 Å². The Morgan fingerprint density at radius 3 is 2.48 bits per heavy atom. The number of halogens is 1. The number of carbonyl (C=O) groups is 1. The smallest absolute Gasteiger partial charge is 0.317 e. The van der Waals surface area contributed by atoms with Crippen molar-refractivity contribution in [2.75, 3.05) is 13.1 Å². The van der Waals surface area contributed by atoms with Crippen molar-refractivity contribution in [3.63, 3.8) is 0 Å². The molecular formula is C17H18ClNO2. The van der Waals surface area contributed by atoms with Gasteiger partial charge in [0.2, 0.25) is 0 Å². The lowest BCUT2D eigenvalue weighted by molar-refractivity contribution is -0.138. The van der Waals surface area contributed by atoms with Gasteiger partial charge in [-0.3, -0.25) is 9.69 Å². The lowest BCUT2D eigenvalue weighted by atomic mass is 9.85. The fourth-order valence-electron chi connectivity index (χ4n) is 2.96. The van der Waals surface area contributed by atoms with E-state index in [4.69, 9.17) is 5.11 Å². The number of aliphatic carboxylic acids is 1. The highest BCUT2D eigenvalue weighted by atomic mass is 35.5. The van der Waals surface area contributed by atoms with Crippen molar-refractivity contribution in [2.45, 2.75) is 12.5 Å². The van der Waals surface area contributed by atoms with Crippen LogP contribution in [0.5, 0.6) is 0 Å². The molecule has 3 nitrogen and oxygen atoms in total. The molecule has 1 unspecified atom stereocenters. The summed E-state index contributed by atoms with van der Waals surface area (Å²) in [6.07, 6.45) is 0. The van der Waals surface area contributed by atoms with Crippen LogP contribution in [0.3, 0.4) is 0 Å². The van der Waals surface area contributed by atoms with Crippen LogP contribution in [0.15, 0.2) is 54.6 Å². The number of nitrogens with zero attached hydrogens (tertiary/aromatic N) is 1. The molecule has 1 heterocycles. The monoisotopic (exact) mass is 303 g/mol.